The molecule has 0 radical (unpaired) electrons. The molecular weight excluding hydrogens is 374 g/mol. The first-order valence-electron chi connectivity index (χ1n) is 9.59. The predicted molar refractivity (Wildman–Crippen MR) is 114 cm³/mol. The molecule has 0 saturated carbocycles. The highest BCUT2D eigenvalue weighted by molar-refractivity contribution is 5.97. The molecule has 0 aliphatic carbocycles. The Morgan fingerprint density at radius 3 is 2.21 bits per heavy atom. The molecule has 0 atom stereocenters. The van der Waals surface area contributed by atoms with Gasteiger partial charge in [0, 0.05) is 6.42 Å². The quantitative estimate of drug-likeness (QED) is 0.517. The Labute approximate surface area is 170 Å². The zero-order valence-electron chi connectivity index (χ0n) is 17.8. The minimum absolute atomic E-state index is 0.150. The van der Waals surface area contributed by atoms with Gasteiger partial charge >= 0.3 is 5.69 Å². The van der Waals surface area contributed by atoms with Crippen LogP contribution in [0.25, 0.3) is 5.69 Å². The van der Waals surface area contributed by atoms with Crippen LogP contribution in [0.1, 0.15) is 49.4 Å². The van der Waals surface area contributed by atoms with Crippen molar-refractivity contribution in [3.05, 3.63) is 50.7 Å². The highest BCUT2D eigenvalue weighted by atomic mass is 16.5. The van der Waals surface area contributed by atoms with Gasteiger partial charge in [0.05, 0.1) is 12.8 Å². The average molecular weight is 405 g/mol. The molecule has 2 rings (SSSR count). The molecule has 160 valence electrons. The number of methoxy groups -OCH3 is 1. The Bertz CT molecular complexity index is 895. The zero-order chi connectivity index (χ0) is 22.0. The lowest BCUT2D eigenvalue weighted by atomic mass is 10.1. The van der Waals surface area contributed by atoms with E-state index in [1.165, 1.54) is 7.11 Å². The molecule has 8 nitrogen and oxygen atoms in total. The number of hydrogen-bond acceptors (Lipinski definition) is 6. The van der Waals surface area contributed by atoms with Gasteiger partial charge in [0.25, 0.3) is 5.56 Å². The Kier molecular flexibility index (Phi) is 9.88. The van der Waals surface area contributed by atoms with Gasteiger partial charge in [-0.3, -0.25) is 14.6 Å². The van der Waals surface area contributed by atoms with E-state index in [1.54, 1.807) is 24.3 Å². The van der Waals surface area contributed by atoms with E-state index in [4.69, 9.17) is 4.74 Å². The molecule has 2 N–H and O–H groups in total. The molecule has 1 aromatic carbocycles. The van der Waals surface area contributed by atoms with E-state index in [0.717, 1.165) is 23.8 Å². The minimum Gasteiger partial charge on any atom is -0.497 e. The van der Waals surface area contributed by atoms with Crippen LogP contribution in [0.15, 0.2) is 33.9 Å². The van der Waals surface area contributed by atoms with Crippen molar-refractivity contribution < 1.29 is 14.6 Å². The Hall–Kier alpha value is -2.87. The molecule has 0 bridgehead atoms. The third-order valence-electron chi connectivity index (χ3n) is 3.95. The number of ether oxygens (including phenoxy) is 1. The smallest absolute Gasteiger partial charge is 0.335 e. The number of unbranched alkanes of at least 4 members (excludes halogenated alkanes) is 3. The summed E-state index contributed by atoms with van der Waals surface area (Å²) in [6, 6.07) is 6.32. The molecule has 1 aromatic heterocycles. The van der Waals surface area contributed by atoms with E-state index < -0.39 is 22.9 Å². The Morgan fingerprint density at radius 2 is 1.69 bits per heavy atom. The molecule has 8 heteroatoms. The van der Waals surface area contributed by atoms with E-state index in [1.807, 2.05) is 26.0 Å². The van der Waals surface area contributed by atoms with E-state index in [2.05, 4.69) is 11.9 Å². The zero-order valence-corrected chi connectivity index (χ0v) is 17.8. The lowest BCUT2D eigenvalue weighted by Crippen LogP contribution is -2.33. The fourth-order valence-electron chi connectivity index (χ4n) is 2.58. The van der Waals surface area contributed by atoms with Gasteiger partial charge in [0.2, 0.25) is 5.88 Å². The lowest BCUT2D eigenvalue weighted by molar-refractivity contribution is 0.0973. The number of carbonyl (C=O) groups excluding carboxylic acids is 1. The number of rotatable bonds is 8. The second-order valence-corrected chi connectivity index (χ2v) is 7.07. The summed E-state index contributed by atoms with van der Waals surface area (Å²) in [6.07, 6.45) is 3.69. The second-order valence-electron chi connectivity index (χ2n) is 7.07. The molecule has 0 unspecified atom stereocenters. The van der Waals surface area contributed by atoms with Crippen LogP contribution in [0, 0.1) is 0 Å². The summed E-state index contributed by atoms with van der Waals surface area (Å²) in [5, 5.41) is 10.4. The van der Waals surface area contributed by atoms with Crippen molar-refractivity contribution in [2.45, 2.75) is 39.0 Å². The standard InChI is InChI=1S/C18H22N2O5.C3H9N/c1-3-4-5-6-7-14(21)15-16(22)19-18(24)20(17(15)23)12-8-10-13(25-2)11-9-12;1-4(2)3/h8-11,23H,3-7H2,1-2H3,(H,19,22,24);1-3H3. The maximum Gasteiger partial charge on any atom is 0.335 e. The first-order chi connectivity index (χ1) is 13.7. The molecule has 0 spiro atoms. The number of nitrogens with one attached hydrogen (secondary N) is 1. The molecular formula is C21H31N3O5. The third kappa shape index (κ3) is 7.23. The van der Waals surface area contributed by atoms with Gasteiger partial charge in [-0.25, -0.2) is 9.36 Å². The summed E-state index contributed by atoms with van der Waals surface area (Å²) < 4.78 is 5.95. The highest BCUT2D eigenvalue weighted by Gasteiger charge is 2.21. The van der Waals surface area contributed by atoms with Crippen LogP contribution in [0.5, 0.6) is 11.6 Å². The van der Waals surface area contributed by atoms with E-state index in [9.17, 15) is 19.5 Å². The summed E-state index contributed by atoms with van der Waals surface area (Å²) in [4.78, 5) is 40.5. The van der Waals surface area contributed by atoms with Crippen molar-refractivity contribution in [3.8, 4) is 17.3 Å². The van der Waals surface area contributed by atoms with E-state index >= 15 is 0 Å². The number of carbonyl (C=O) groups is 1. The molecule has 29 heavy (non-hydrogen) atoms. The number of aromatic nitrogens is 2. The van der Waals surface area contributed by atoms with Gasteiger partial charge in [-0.1, -0.05) is 26.2 Å². The SMILES string of the molecule is CCCCCCC(=O)c1c(O)n(-c2ccc(OC)cc2)c(=O)[nH]c1=O.CN(C)C. The highest BCUT2D eigenvalue weighted by Crippen LogP contribution is 2.20. The number of nitrogens with zero attached hydrogens (tertiary/aromatic N) is 2. The first kappa shape index (κ1) is 24.2. The van der Waals surface area contributed by atoms with Crippen LogP contribution >= 0.6 is 0 Å². The van der Waals surface area contributed by atoms with Gasteiger partial charge in [0.1, 0.15) is 11.3 Å². The summed E-state index contributed by atoms with van der Waals surface area (Å²) in [6.45, 7) is 2.06. The fraction of sp³-hybridized carbons (Fsp3) is 0.476. The molecule has 1 heterocycles. The molecule has 0 amide bonds. The third-order valence-corrected chi connectivity index (χ3v) is 3.95. The minimum atomic E-state index is -0.868. The van der Waals surface area contributed by atoms with Crippen LogP contribution in [0.3, 0.4) is 0 Å². The van der Waals surface area contributed by atoms with Gasteiger partial charge < -0.3 is 14.7 Å². The number of aromatic hydroxyl groups is 1. The average Bonchev–Trinajstić information content (AvgIpc) is 2.65. The summed E-state index contributed by atoms with van der Waals surface area (Å²) >= 11 is 0. The molecule has 0 fully saturated rings. The van der Waals surface area contributed by atoms with Gasteiger partial charge in [-0.05, 0) is 51.8 Å². The summed E-state index contributed by atoms with van der Waals surface area (Å²) in [7, 11) is 7.51. The van der Waals surface area contributed by atoms with Gasteiger partial charge in [0.15, 0.2) is 5.78 Å². The van der Waals surface area contributed by atoms with Crippen molar-refractivity contribution in [2.24, 2.45) is 0 Å². The maximum absolute atomic E-state index is 12.3. The normalized spacial score (nSPS) is 10.4. The van der Waals surface area contributed by atoms with Crippen molar-refractivity contribution >= 4 is 5.78 Å². The number of benzene rings is 1. The van der Waals surface area contributed by atoms with Crippen LogP contribution in [0.2, 0.25) is 0 Å². The number of H-pyrrole nitrogens is 1. The number of hydrogen-bond donors (Lipinski definition) is 2. The Balaban J connectivity index is 0.000000960. The fourth-order valence-corrected chi connectivity index (χ4v) is 2.58. The van der Waals surface area contributed by atoms with E-state index in [0.29, 0.717) is 17.9 Å². The number of aromatic amines is 1. The number of ketones is 1. The first-order valence-corrected chi connectivity index (χ1v) is 9.59. The van der Waals surface area contributed by atoms with Crippen molar-refractivity contribution in [2.75, 3.05) is 28.3 Å². The summed E-state index contributed by atoms with van der Waals surface area (Å²) in [5.41, 5.74) is -1.74. The van der Waals surface area contributed by atoms with Crippen molar-refractivity contribution in [1.29, 1.82) is 0 Å². The molecule has 0 saturated heterocycles. The topological polar surface area (TPSA) is 105 Å². The second kappa shape index (κ2) is 11.9. The largest absolute Gasteiger partial charge is 0.497 e. The van der Waals surface area contributed by atoms with Gasteiger partial charge in [-0.2, -0.15) is 0 Å². The lowest BCUT2D eigenvalue weighted by Gasteiger charge is -2.11. The maximum atomic E-state index is 12.3. The summed E-state index contributed by atoms with van der Waals surface area (Å²) in [5.74, 6) is -0.538. The monoisotopic (exact) mass is 405 g/mol. The predicted octanol–water partition coefficient (Wildman–Crippen LogP) is 2.57. The van der Waals surface area contributed by atoms with Crippen LogP contribution in [0.4, 0.5) is 0 Å². The Morgan fingerprint density at radius 1 is 1.10 bits per heavy atom. The van der Waals surface area contributed by atoms with E-state index in [-0.39, 0.29) is 12.0 Å². The van der Waals surface area contributed by atoms with Crippen LogP contribution in [-0.4, -0.2) is 53.6 Å². The van der Waals surface area contributed by atoms with Crippen LogP contribution < -0.4 is 16.0 Å². The van der Waals surface area contributed by atoms with Crippen molar-refractivity contribution in [1.82, 2.24) is 14.5 Å². The van der Waals surface area contributed by atoms with Crippen LogP contribution in [-0.2, 0) is 0 Å². The van der Waals surface area contributed by atoms with Crippen molar-refractivity contribution in [3.63, 3.8) is 0 Å². The molecule has 0 aliphatic heterocycles. The van der Waals surface area contributed by atoms with Gasteiger partial charge in [-0.15, -0.1) is 0 Å². The molecule has 2 aromatic rings. The number of Topliss-reactive ketones (excluding diaryl/α,β-unsaturated/α-hetero) is 1. The molecule has 0 aliphatic rings.